The fourth-order valence-corrected chi connectivity index (χ4v) is 8.32. The fraction of sp³-hybridized carbons (Fsp3) is 0.926. The van der Waals surface area contributed by atoms with Gasteiger partial charge in [0.2, 0.25) is 0 Å². The van der Waals surface area contributed by atoms with E-state index in [4.69, 9.17) is 4.74 Å². The van der Waals surface area contributed by atoms with Crippen molar-refractivity contribution in [2.45, 2.75) is 45.3 Å². The van der Waals surface area contributed by atoms with Crippen molar-refractivity contribution in [2.75, 3.05) is 85.2 Å². The van der Waals surface area contributed by atoms with Gasteiger partial charge in [-0.15, -0.1) is 0 Å². The summed E-state index contributed by atoms with van der Waals surface area (Å²) in [6, 6.07) is 0.213. The molecule has 0 aromatic heterocycles. The zero-order valence-corrected chi connectivity index (χ0v) is 22.2. The second kappa shape index (κ2) is 10.9. The third-order valence-corrected chi connectivity index (χ3v) is 10.3. The molecule has 0 aromatic carbocycles. The van der Waals surface area contributed by atoms with Crippen LogP contribution in [0.15, 0.2) is 0 Å². The first-order chi connectivity index (χ1) is 17.4. The number of esters is 1. The third kappa shape index (κ3) is 4.76. The SMILES string of the molecule is C[C@H]1CC[C@H]2C(CN3CCN(CCO)CC3)C(=O)O[C@H]2[C@]2(C)C(=O)CC(N3CCN(CCO)CC3)[C@@H]12. The summed E-state index contributed by atoms with van der Waals surface area (Å²) in [5.74, 6) is 0.744. The Kier molecular flexibility index (Phi) is 8.06. The first-order valence-corrected chi connectivity index (χ1v) is 14.2. The lowest BCUT2D eigenvalue weighted by atomic mass is 9.67. The minimum atomic E-state index is -0.613. The maximum atomic E-state index is 13.8. The van der Waals surface area contributed by atoms with Crippen molar-refractivity contribution >= 4 is 11.8 Å². The van der Waals surface area contributed by atoms with Crippen LogP contribution in [0, 0.1) is 29.1 Å². The van der Waals surface area contributed by atoms with Crippen LogP contribution in [0.5, 0.6) is 0 Å². The highest BCUT2D eigenvalue weighted by Gasteiger charge is 2.66. The lowest BCUT2D eigenvalue weighted by Crippen LogP contribution is -2.54. The smallest absolute Gasteiger partial charge is 0.310 e. The number of aliphatic hydroxyl groups is 2. The van der Waals surface area contributed by atoms with Crippen molar-refractivity contribution in [3.8, 4) is 0 Å². The van der Waals surface area contributed by atoms with Gasteiger partial charge in [0.25, 0.3) is 0 Å². The Hall–Kier alpha value is -1.10. The van der Waals surface area contributed by atoms with E-state index in [1.165, 1.54) is 0 Å². The average Bonchev–Trinajstić information content (AvgIpc) is 3.29. The summed E-state index contributed by atoms with van der Waals surface area (Å²) in [6.45, 7) is 14.3. The van der Waals surface area contributed by atoms with E-state index in [0.717, 1.165) is 65.2 Å². The van der Waals surface area contributed by atoms with Gasteiger partial charge in [-0.2, -0.15) is 0 Å². The standard InChI is InChI=1S/C27H46N4O5/c1-19-3-4-20-21(18-30-7-5-28(6-8-30)13-15-32)26(35)36-25(20)27(2)23(34)17-22(24(19)27)31-11-9-29(10-12-31)14-16-33/h19-22,24-25,32-33H,3-18H2,1-2H3/t19-,20-,21?,22?,24+,25+,27+/m0/s1. The molecule has 7 atom stereocenters. The summed E-state index contributed by atoms with van der Waals surface area (Å²) in [5, 5.41) is 18.5. The highest BCUT2D eigenvalue weighted by atomic mass is 16.6. The number of hydrogen-bond acceptors (Lipinski definition) is 9. The molecule has 204 valence electrons. The molecular formula is C27H46N4O5. The maximum Gasteiger partial charge on any atom is 0.310 e. The number of nitrogens with zero attached hydrogens (tertiary/aromatic N) is 4. The number of hydrogen-bond donors (Lipinski definition) is 2. The van der Waals surface area contributed by atoms with Gasteiger partial charge in [-0.3, -0.25) is 29.2 Å². The molecule has 3 saturated heterocycles. The zero-order chi connectivity index (χ0) is 25.4. The first kappa shape index (κ1) is 26.5. The number of carbonyl (C=O) groups is 2. The van der Waals surface area contributed by atoms with E-state index in [0.29, 0.717) is 32.0 Å². The van der Waals surface area contributed by atoms with Crippen LogP contribution in [0.1, 0.15) is 33.1 Å². The number of aliphatic hydroxyl groups excluding tert-OH is 2. The van der Waals surface area contributed by atoms with Crippen molar-refractivity contribution in [2.24, 2.45) is 29.1 Å². The molecule has 5 fully saturated rings. The summed E-state index contributed by atoms with van der Waals surface area (Å²) >= 11 is 0. The highest BCUT2D eigenvalue weighted by Crippen LogP contribution is 2.57. The summed E-state index contributed by atoms with van der Waals surface area (Å²) < 4.78 is 6.20. The third-order valence-electron chi connectivity index (χ3n) is 10.3. The van der Waals surface area contributed by atoms with Crippen molar-refractivity contribution in [1.82, 2.24) is 19.6 Å². The first-order valence-electron chi connectivity index (χ1n) is 14.2. The van der Waals surface area contributed by atoms with Crippen LogP contribution in [-0.4, -0.2) is 139 Å². The van der Waals surface area contributed by atoms with Gasteiger partial charge in [0.15, 0.2) is 0 Å². The van der Waals surface area contributed by atoms with Gasteiger partial charge in [-0.25, -0.2) is 0 Å². The molecule has 36 heavy (non-hydrogen) atoms. The Morgan fingerprint density at radius 3 is 2.08 bits per heavy atom. The quantitative estimate of drug-likeness (QED) is 0.454. The van der Waals surface area contributed by atoms with Crippen molar-refractivity contribution in [1.29, 1.82) is 0 Å². The van der Waals surface area contributed by atoms with Gasteiger partial charge < -0.3 is 14.9 Å². The average molecular weight is 507 g/mol. The van der Waals surface area contributed by atoms with Crippen molar-refractivity contribution < 1.29 is 24.5 Å². The predicted octanol–water partition coefficient (Wildman–Crippen LogP) is -0.242. The molecule has 0 spiro atoms. The van der Waals surface area contributed by atoms with Gasteiger partial charge in [0, 0.05) is 90.4 Å². The molecule has 2 N–H and O–H groups in total. The Bertz CT molecular complexity index is 797. The van der Waals surface area contributed by atoms with Gasteiger partial charge in [-0.1, -0.05) is 6.92 Å². The molecule has 5 rings (SSSR count). The molecule has 3 aliphatic heterocycles. The lowest BCUT2D eigenvalue weighted by molar-refractivity contribution is -0.154. The number of ketones is 1. The monoisotopic (exact) mass is 506 g/mol. The molecule has 2 aliphatic carbocycles. The molecule has 9 nitrogen and oxygen atoms in total. The highest BCUT2D eigenvalue weighted by molar-refractivity contribution is 5.90. The van der Waals surface area contributed by atoms with E-state index in [9.17, 15) is 19.8 Å². The van der Waals surface area contributed by atoms with Crippen LogP contribution in [0.4, 0.5) is 0 Å². The van der Waals surface area contributed by atoms with Crippen LogP contribution in [-0.2, 0) is 14.3 Å². The second-order valence-corrected chi connectivity index (χ2v) is 12.2. The van der Waals surface area contributed by atoms with E-state index in [2.05, 4.69) is 33.4 Å². The molecule has 0 radical (unpaired) electrons. The molecule has 9 heteroatoms. The number of carbonyl (C=O) groups excluding carboxylic acids is 2. The lowest BCUT2D eigenvalue weighted by Gasteiger charge is -2.44. The summed E-state index contributed by atoms with van der Waals surface area (Å²) in [4.78, 5) is 36.5. The number of fused-ring (bicyclic) bond motifs is 3. The molecule has 2 saturated carbocycles. The summed E-state index contributed by atoms with van der Waals surface area (Å²) in [5.41, 5.74) is -0.613. The van der Waals surface area contributed by atoms with Crippen LogP contribution in [0.3, 0.4) is 0 Å². The van der Waals surface area contributed by atoms with Crippen molar-refractivity contribution in [3.63, 3.8) is 0 Å². The molecular weight excluding hydrogens is 460 g/mol. The molecule has 0 amide bonds. The Balaban J connectivity index is 1.30. The minimum absolute atomic E-state index is 0.105. The van der Waals surface area contributed by atoms with Gasteiger partial charge in [0.05, 0.1) is 24.5 Å². The van der Waals surface area contributed by atoms with Gasteiger partial charge in [0.1, 0.15) is 11.9 Å². The van der Waals surface area contributed by atoms with E-state index in [-0.39, 0.29) is 54.9 Å². The second-order valence-electron chi connectivity index (χ2n) is 12.2. The molecule has 2 unspecified atom stereocenters. The Morgan fingerprint density at radius 2 is 1.47 bits per heavy atom. The van der Waals surface area contributed by atoms with Crippen molar-refractivity contribution in [3.05, 3.63) is 0 Å². The predicted molar refractivity (Wildman–Crippen MR) is 135 cm³/mol. The zero-order valence-electron chi connectivity index (χ0n) is 22.2. The topological polar surface area (TPSA) is 96.8 Å². The van der Waals surface area contributed by atoms with E-state index >= 15 is 0 Å². The summed E-state index contributed by atoms with van der Waals surface area (Å²) in [6.07, 6.45) is 2.23. The van der Waals surface area contributed by atoms with Crippen LogP contribution < -0.4 is 0 Å². The summed E-state index contributed by atoms with van der Waals surface area (Å²) in [7, 11) is 0. The Labute approximate surface area is 215 Å². The fourth-order valence-electron chi connectivity index (χ4n) is 8.32. The number of rotatable bonds is 7. The molecule has 3 heterocycles. The number of piperazine rings is 2. The van der Waals surface area contributed by atoms with E-state index < -0.39 is 5.41 Å². The Morgan fingerprint density at radius 1 is 0.889 bits per heavy atom. The van der Waals surface area contributed by atoms with E-state index in [1.807, 2.05) is 0 Å². The van der Waals surface area contributed by atoms with Gasteiger partial charge in [-0.05, 0) is 31.6 Å². The van der Waals surface area contributed by atoms with Crippen LogP contribution >= 0.6 is 0 Å². The normalized spacial score (nSPS) is 41.2. The number of ether oxygens (including phenoxy) is 1. The van der Waals surface area contributed by atoms with Gasteiger partial charge >= 0.3 is 5.97 Å². The van der Waals surface area contributed by atoms with E-state index in [1.54, 1.807) is 0 Å². The maximum absolute atomic E-state index is 13.8. The number of Topliss-reactive ketones (excluding diaryl/α,β-unsaturated/α-hetero) is 1. The molecule has 0 aromatic rings. The van der Waals surface area contributed by atoms with Crippen LogP contribution in [0.2, 0.25) is 0 Å². The largest absolute Gasteiger partial charge is 0.461 e. The molecule has 5 aliphatic rings. The minimum Gasteiger partial charge on any atom is -0.461 e. The van der Waals surface area contributed by atoms with Crippen LogP contribution in [0.25, 0.3) is 0 Å². The number of β-amino-alcohol motifs (C(OH)–C–C–N with tert-alkyl or cyclic N) is 2. The molecule has 0 bridgehead atoms.